The molecule has 3 aliphatic rings. The molecule has 0 spiro atoms. The molecule has 0 unspecified atom stereocenters. The number of nitrogens with zero attached hydrogens (tertiary/aromatic N) is 6. The predicted molar refractivity (Wildman–Crippen MR) is 181 cm³/mol. The van der Waals surface area contributed by atoms with Crippen molar-refractivity contribution in [3.63, 3.8) is 0 Å². The van der Waals surface area contributed by atoms with E-state index in [1.54, 1.807) is 12.1 Å². The highest BCUT2D eigenvalue weighted by Gasteiger charge is 2.41. The van der Waals surface area contributed by atoms with Crippen molar-refractivity contribution in [1.82, 2.24) is 15.1 Å². The number of likely N-dealkylation sites (tertiary alicyclic amines) is 1. The van der Waals surface area contributed by atoms with Crippen LogP contribution in [0.4, 0.5) is 27.7 Å². The van der Waals surface area contributed by atoms with E-state index in [1.807, 2.05) is 53.4 Å². The average Bonchev–Trinajstić information content (AvgIpc) is 3.36. The first-order chi connectivity index (χ1) is 22.4. The Morgan fingerprint density at radius 1 is 0.913 bits per heavy atom. The van der Waals surface area contributed by atoms with Gasteiger partial charge < -0.3 is 35.2 Å². The van der Waals surface area contributed by atoms with Gasteiger partial charge in [0.2, 0.25) is 0 Å². The van der Waals surface area contributed by atoms with E-state index >= 15 is 0 Å². The monoisotopic (exact) mass is 619 g/mol. The summed E-state index contributed by atoms with van der Waals surface area (Å²) in [5, 5.41) is 18.9. The van der Waals surface area contributed by atoms with Crippen LogP contribution < -0.4 is 20.4 Å². The maximum atomic E-state index is 12.7. The van der Waals surface area contributed by atoms with Crippen LogP contribution in [0.2, 0.25) is 0 Å². The third-order valence-electron chi connectivity index (χ3n) is 9.81. The van der Waals surface area contributed by atoms with E-state index in [4.69, 9.17) is 10.5 Å². The van der Waals surface area contributed by atoms with Gasteiger partial charge in [-0.2, -0.15) is 0 Å². The molecule has 0 aliphatic carbocycles. The lowest BCUT2D eigenvalue weighted by atomic mass is 10.0. The smallest absolute Gasteiger partial charge is 0.410 e. The van der Waals surface area contributed by atoms with Gasteiger partial charge in [0.1, 0.15) is 12.4 Å². The third-order valence-corrected chi connectivity index (χ3v) is 9.81. The van der Waals surface area contributed by atoms with E-state index in [1.165, 1.54) is 11.4 Å². The van der Waals surface area contributed by atoms with Crippen LogP contribution in [0.1, 0.15) is 31.2 Å². The van der Waals surface area contributed by atoms with Gasteiger partial charge in [-0.3, -0.25) is 0 Å². The van der Waals surface area contributed by atoms with Crippen LogP contribution in [0.5, 0.6) is 5.75 Å². The molecule has 0 saturated carbocycles. The van der Waals surface area contributed by atoms with E-state index in [2.05, 4.69) is 56.2 Å². The summed E-state index contributed by atoms with van der Waals surface area (Å²) in [6.07, 6.45) is 3.79. The Kier molecular flexibility index (Phi) is 8.26. The number of benzene rings is 3. The highest BCUT2D eigenvalue weighted by Crippen LogP contribution is 2.40. The number of rotatable bonds is 7. The molecule has 3 aliphatic heterocycles. The largest absolute Gasteiger partial charge is 0.507 e. The number of amides is 1. The Balaban J connectivity index is 0.990. The van der Waals surface area contributed by atoms with Crippen molar-refractivity contribution < 1.29 is 14.6 Å². The average molecular weight is 620 g/mol. The van der Waals surface area contributed by atoms with Crippen molar-refractivity contribution in [3.05, 3.63) is 90.5 Å². The first kappa shape index (κ1) is 29.7. The molecule has 4 aromatic rings. The van der Waals surface area contributed by atoms with E-state index in [0.29, 0.717) is 54.9 Å². The van der Waals surface area contributed by atoms with Gasteiger partial charge in [0, 0.05) is 68.3 Å². The quantitative estimate of drug-likeness (QED) is 0.276. The van der Waals surface area contributed by atoms with Gasteiger partial charge >= 0.3 is 6.09 Å². The van der Waals surface area contributed by atoms with Gasteiger partial charge in [0.15, 0.2) is 5.82 Å². The number of hydrogen-bond donors (Lipinski definition) is 2. The Labute approximate surface area is 270 Å². The number of piperidine rings is 1. The number of carbonyl (C=O) groups is 1. The van der Waals surface area contributed by atoms with Crippen molar-refractivity contribution in [2.75, 3.05) is 53.7 Å². The topological polar surface area (TPSA) is 111 Å². The van der Waals surface area contributed by atoms with Gasteiger partial charge in [0.05, 0.1) is 11.4 Å². The molecule has 1 aromatic heterocycles. The fraction of sp³-hybridized carbons (Fsp3) is 0.361. The lowest BCUT2D eigenvalue weighted by Gasteiger charge is -2.44. The molecule has 7 rings (SSSR count). The fourth-order valence-electron chi connectivity index (χ4n) is 7.32. The number of nitrogen functional groups attached to an aromatic ring is 1. The Morgan fingerprint density at radius 3 is 2.37 bits per heavy atom. The molecule has 3 aromatic carbocycles. The normalized spacial score (nSPS) is 19.7. The van der Waals surface area contributed by atoms with E-state index in [0.717, 1.165) is 50.0 Å². The highest BCUT2D eigenvalue weighted by atomic mass is 16.6. The van der Waals surface area contributed by atoms with Crippen molar-refractivity contribution in [2.24, 2.45) is 0 Å². The van der Waals surface area contributed by atoms with Gasteiger partial charge in [-0.15, -0.1) is 10.2 Å². The maximum Gasteiger partial charge on any atom is 0.410 e. The zero-order valence-electron chi connectivity index (χ0n) is 26.2. The molecule has 1 amide bonds. The lowest BCUT2D eigenvalue weighted by Crippen LogP contribution is -2.54. The zero-order chi connectivity index (χ0) is 31.6. The first-order valence-electron chi connectivity index (χ1n) is 16.2. The lowest BCUT2D eigenvalue weighted by molar-refractivity contribution is 0.0870. The number of aromatic hydroxyl groups is 1. The minimum atomic E-state index is -0.236. The number of phenols is 1. The fourth-order valence-corrected chi connectivity index (χ4v) is 7.32. The number of para-hydroxylation sites is 1. The SMILES string of the molecule is CN(c1cccc(N2[C@@H]3CC[C@H]2CN(c2cc(-c4ccccc4O)nnc2N)C3)c1)C1CCN(C(=O)OCc2ccccc2)CC1. The minimum absolute atomic E-state index is 0.175. The molecule has 2 atom stereocenters. The van der Waals surface area contributed by atoms with E-state index in [9.17, 15) is 9.90 Å². The van der Waals surface area contributed by atoms with Crippen LogP contribution in [0.25, 0.3) is 11.3 Å². The summed E-state index contributed by atoms with van der Waals surface area (Å²) in [7, 11) is 2.17. The van der Waals surface area contributed by atoms with Gasteiger partial charge in [0.25, 0.3) is 0 Å². The number of phenolic OH excluding ortho intramolecular Hbond substituents is 1. The molecule has 0 radical (unpaired) electrons. The van der Waals surface area contributed by atoms with Crippen molar-refractivity contribution in [1.29, 1.82) is 0 Å². The molecular weight excluding hydrogens is 578 g/mol. The van der Waals surface area contributed by atoms with Gasteiger partial charge in [-0.25, -0.2) is 4.79 Å². The van der Waals surface area contributed by atoms with Gasteiger partial charge in [-0.05, 0) is 67.6 Å². The summed E-state index contributed by atoms with van der Waals surface area (Å²) in [5.74, 6) is 0.584. The predicted octanol–water partition coefficient (Wildman–Crippen LogP) is 5.53. The molecule has 10 heteroatoms. The zero-order valence-corrected chi connectivity index (χ0v) is 26.2. The number of carbonyl (C=O) groups excluding carboxylic acids is 1. The molecule has 3 N–H and O–H groups in total. The second-order valence-electron chi connectivity index (χ2n) is 12.6. The van der Waals surface area contributed by atoms with E-state index in [-0.39, 0.29) is 11.8 Å². The van der Waals surface area contributed by atoms with Crippen LogP contribution >= 0.6 is 0 Å². The Hall–Kier alpha value is -4.99. The summed E-state index contributed by atoms with van der Waals surface area (Å²) in [6.45, 7) is 3.35. The van der Waals surface area contributed by atoms with Crippen LogP contribution in [-0.4, -0.2) is 77.6 Å². The molecule has 2 bridgehead atoms. The summed E-state index contributed by atoms with van der Waals surface area (Å²) < 4.78 is 5.57. The number of hydrogen-bond acceptors (Lipinski definition) is 9. The van der Waals surface area contributed by atoms with Crippen LogP contribution in [0.15, 0.2) is 84.9 Å². The van der Waals surface area contributed by atoms with Gasteiger partial charge in [-0.1, -0.05) is 48.5 Å². The molecule has 3 fully saturated rings. The number of nitrogens with two attached hydrogens (primary N) is 1. The first-order valence-corrected chi connectivity index (χ1v) is 16.2. The number of anilines is 4. The molecule has 238 valence electrons. The second-order valence-corrected chi connectivity index (χ2v) is 12.6. The van der Waals surface area contributed by atoms with Crippen molar-refractivity contribution in [3.8, 4) is 17.0 Å². The summed E-state index contributed by atoms with van der Waals surface area (Å²) >= 11 is 0. The summed E-state index contributed by atoms with van der Waals surface area (Å²) in [4.78, 5) is 21.8. The number of ether oxygens (including phenoxy) is 1. The minimum Gasteiger partial charge on any atom is -0.507 e. The van der Waals surface area contributed by atoms with Crippen LogP contribution in [0, 0.1) is 0 Å². The summed E-state index contributed by atoms with van der Waals surface area (Å²) in [6, 6.07) is 28.9. The summed E-state index contributed by atoms with van der Waals surface area (Å²) in [5.41, 5.74) is 11.9. The second kappa shape index (κ2) is 12.8. The van der Waals surface area contributed by atoms with E-state index < -0.39 is 0 Å². The van der Waals surface area contributed by atoms with Crippen LogP contribution in [-0.2, 0) is 11.3 Å². The van der Waals surface area contributed by atoms with Crippen molar-refractivity contribution in [2.45, 2.75) is 50.4 Å². The Morgan fingerprint density at radius 2 is 1.63 bits per heavy atom. The molecule has 46 heavy (non-hydrogen) atoms. The number of aromatic nitrogens is 2. The molecule has 10 nitrogen and oxygen atoms in total. The third kappa shape index (κ3) is 5.99. The van der Waals surface area contributed by atoms with Crippen LogP contribution in [0.3, 0.4) is 0 Å². The van der Waals surface area contributed by atoms with Crippen molar-refractivity contribution >= 4 is 29.0 Å². The molecular formula is C36H41N7O3. The maximum absolute atomic E-state index is 12.7. The number of piperazine rings is 1. The highest BCUT2D eigenvalue weighted by molar-refractivity contribution is 5.75. The molecule has 3 saturated heterocycles. The molecule has 4 heterocycles. The standard InChI is InChI=1S/C36H41N7O3/c1-40(26-16-18-41(19-17-26)36(45)46-24-25-8-3-2-4-9-25)27-10-7-11-28(20-27)43-29-14-15-30(43)23-42(22-29)33-21-32(38-39-35(33)37)31-12-5-6-13-34(31)44/h2-13,20-21,26,29-30,44H,14-19,22-24H2,1H3,(H2,37,39)/t29-,30+. The Bertz CT molecular complexity index is 1660. The number of fused-ring (bicyclic) bond motifs is 2.